The summed E-state index contributed by atoms with van der Waals surface area (Å²) in [5.74, 6) is 0.856. The Labute approximate surface area is 115 Å². The highest BCUT2D eigenvalue weighted by Crippen LogP contribution is 2.12. The van der Waals surface area contributed by atoms with E-state index in [2.05, 4.69) is 24.5 Å². The molecule has 0 aromatic heterocycles. The number of ether oxygens (including phenoxy) is 1. The second-order valence-corrected chi connectivity index (χ2v) is 4.55. The third-order valence-electron chi connectivity index (χ3n) is 2.92. The summed E-state index contributed by atoms with van der Waals surface area (Å²) in [4.78, 5) is 11.6. The molecule has 106 valence electrons. The first kappa shape index (κ1) is 15.5. The van der Waals surface area contributed by atoms with E-state index in [-0.39, 0.29) is 5.91 Å². The molecule has 1 aromatic rings. The molecule has 0 aliphatic rings. The van der Waals surface area contributed by atoms with Gasteiger partial charge in [0.25, 0.3) is 0 Å². The zero-order valence-electron chi connectivity index (χ0n) is 12.0. The summed E-state index contributed by atoms with van der Waals surface area (Å²) in [6.07, 6.45) is 1.02. The molecule has 0 aliphatic heterocycles. The SMILES string of the molecule is CCOc1cccc(CNC(=O)CNC(C)CC)c1. The van der Waals surface area contributed by atoms with Crippen molar-refractivity contribution in [2.45, 2.75) is 39.8 Å². The van der Waals surface area contributed by atoms with Crippen LogP contribution in [0.3, 0.4) is 0 Å². The van der Waals surface area contributed by atoms with Crippen LogP contribution in [0.2, 0.25) is 0 Å². The van der Waals surface area contributed by atoms with E-state index in [1.165, 1.54) is 0 Å². The molecule has 2 N–H and O–H groups in total. The number of amides is 1. The maximum Gasteiger partial charge on any atom is 0.234 e. The van der Waals surface area contributed by atoms with E-state index in [0.717, 1.165) is 17.7 Å². The maximum atomic E-state index is 11.6. The molecule has 1 unspecified atom stereocenters. The number of carbonyl (C=O) groups excluding carboxylic acids is 1. The molecule has 0 fully saturated rings. The zero-order chi connectivity index (χ0) is 14.1. The van der Waals surface area contributed by atoms with Gasteiger partial charge in [-0.2, -0.15) is 0 Å². The highest BCUT2D eigenvalue weighted by atomic mass is 16.5. The Bertz CT molecular complexity index is 393. The highest BCUT2D eigenvalue weighted by Gasteiger charge is 2.04. The van der Waals surface area contributed by atoms with Gasteiger partial charge in [0.15, 0.2) is 0 Å². The summed E-state index contributed by atoms with van der Waals surface area (Å²) in [6, 6.07) is 8.15. The molecule has 0 saturated carbocycles. The Morgan fingerprint density at radius 2 is 2.16 bits per heavy atom. The summed E-state index contributed by atoms with van der Waals surface area (Å²) in [5.41, 5.74) is 1.04. The van der Waals surface area contributed by atoms with Crippen molar-refractivity contribution in [2.75, 3.05) is 13.2 Å². The lowest BCUT2D eigenvalue weighted by molar-refractivity contribution is -0.120. The van der Waals surface area contributed by atoms with Crippen molar-refractivity contribution in [3.8, 4) is 5.75 Å². The zero-order valence-corrected chi connectivity index (χ0v) is 12.0. The number of hydrogen-bond donors (Lipinski definition) is 2. The van der Waals surface area contributed by atoms with Gasteiger partial charge in [-0.1, -0.05) is 19.1 Å². The lowest BCUT2D eigenvalue weighted by Gasteiger charge is -2.11. The van der Waals surface area contributed by atoms with Gasteiger partial charge in [0.05, 0.1) is 13.2 Å². The summed E-state index contributed by atoms with van der Waals surface area (Å²) < 4.78 is 5.42. The normalized spacial score (nSPS) is 11.9. The summed E-state index contributed by atoms with van der Waals surface area (Å²) in [5, 5.41) is 6.05. The fraction of sp³-hybridized carbons (Fsp3) is 0.533. The first-order valence-electron chi connectivity index (χ1n) is 6.87. The topological polar surface area (TPSA) is 50.4 Å². The van der Waals surface area contributed by atoms with Crippen molar-refractivity contribution in [1.29, 1.82) is 0 Å². The molecular weight excluding hydrogens is 240 g/mol. The van der Waals surface area contributed by atoms with Gasteiger partial charge < -0.3 is 15.4 Å². The molecule has 4 nitrogen and oxygen atoms in total. The molecule has 0 bridgehead atoms. The van der Waals surface area contributed by atoms with Crippen LogP contribution in [-0.2, 0) is 11.3 Å². The molecule has 19 heavy (non-hydrogen) atoms. The Morgan fingerprint density at radius 3 is 2.84 bits per heavy atom. The van der Waals surface area contributed by atoms with Crippen LogP contribution in [0.25, 0.3) is 0 Å². The van der Waals surface area contributed by atoms with E-state index in [0.29, 0.717) is 25.7 Å². The van der Waals surface area contributed by atoms with Crippen LogP contribution in [0.15, 0.2) is 24.3 Å². The molecule has 1 rings (SSSR count). The van der Waals surface area contributed by atoms with Gasteiger partial charge in [0, 0.05) is 12.6 Å². The Morgan fingerprint density at radius 1 is 1.37 bits per heavy atom. The molecule has 0 saturated heterocycles. The summed E-state index contributed by atoms with van der Waals surface area (Å²) in [6.45, 7) is 7.65. The van der Waals surface area contributed by atoms with Gasteiger partial charge >= 0.3 is 0 Å². The predicted molar refractivity (Wildman–Crippen MR) is 77.2 cm³/mol. The minimum Gasteiger partial charge on any atom is -0.494 e. The highest BCUT2D eigenvalue weighted by molar-refractivity contribution is 5.78. The van der Waals surface area contributed by atoms with Crippen LogP contribution < -0.4 is 15.4 Å². The van der Waals surface area contributed by atoms with Gasteiger partial charge in [-0.25, -0.2) is 0 Å². The van der Waals surface area contributed by atoms with Crippen molar-refractivity contribution < 1.29 is 9.53 Å². The number of benzene rings is 1. The van der Waals surface area contributed by atoms with Gasteiger partial charge in [-0.15, -0.1) is 0 Å². The van der Waals surface area contributed by atoms with Crippen LogP contribution in [-0.4, -0.2) is 25.1 Å². The molecule has 4 heteroatoms. The molecule has 0 spiro atoms. The second-order valence-electron chi connectivity index (χ2n) is 4.55. The Hall–Kier alpha value is -1.55. The first-order chi connectivity index (χ1) is 9.15. The van der Waals surface area contributed by atoms with E-state index in [1.54, 1.807) is 0 Å². The third kappa shape index (κ3) is 6.25. The quantitative estimate of drug-likeness (QED) is 0.756. The molecular formula is C15H24N2O2. The number of nitrogens with one attached hydrogen (secondary N) is 2. The fourth-order valence-electron chi connectivity index (χ4n) is 1.59. The lowest BCUT2D eigenvalue weighted by Crippen LogP contribution is -2.37. The molecule has 1 atom stereocenters. The van der Waals surface area contributed by atoms with Gasteiger partial charge in [-0.3, -0.25) is 4.79 Å². The van der Waals surface area contributed by atoms with Crippen molar-refractivity contribution >= 4 is 5.91 Å². The Balaban J connectivity index is 2.35. The van der Waals surface area contributed by atoms with E-state index in [9.17, 15) is 4.79 Å². The lowest BCUT2D eigenvalue weighted by atomic mass is 10.2. The van der Waals surface area contributed by atoms with E-state index in [1.807, 2.05) is 31.2 Å². The average molecular weight is 264 g/mol. The molecule has 0 heterocycles. The largest absolute Gasteiger partial charge is 0.494 e. The second kappa shape index (κ2) is 8.53. The van der Waals surface area contributed by atoms with Crippen LogP contribution in [0.4, 0.5) is 0 Å². The average Bonchev–Trinajstić information content (AvgIpc) is 2.43. The van der Waals surface area contributed by atoms with Crippen LogP contribution in [0.5, 0.6) is 5.75 Å². The van der Waals surface area contributed by atoms with Crippen LogP contribution in [0, 0.1) is 0 Å². The number of carbonyl (C=O) groups is 1. The number of hydrogen-bond acceptors (Lipinski definition) is 3. The van der Waals surface area contributed by atoms with Crippen molar-refractivity contribution in [1.82, 2.24) is 10.6 Å². The minimum absolute atomic E-state index is 0.0158. The smallest absolute Gasteiger partial charge is 0.234 e. The standard InChI is InChI=1S/C15H24N2O2/c1-4-12(3)16-11-15(18)17-10-13-7-6-8-14(9-13)19-5-2/h6-9,12,16H,4-5,10-11H2,1-3H3,(H,17,18). The van der Waals surface area contributed by atoms with E-state index >= 15 is 0 Å². The molecule has 1 amide bonds. The Kier molecular flexibility index (Phi) is 6.97. The number of rotatable bonds is 8. The van der Waals surface area contributed by atoms with Gasteiger partial charge in [0.1, 0.15) is 5.75 Å². The van der Waals surface area contributed by atoms with Crippen molar-refractivity contribution in [3.05, 3.63) is 29.8 Å². The van der Waals surface area contributed by atoms with Crippen molar-refractivity contribution in [2.24, 2.45) is 0 Å². The fourth-order valence-corrected chi connectivity index (χ4v) is 1.59. The molecule has 0 aliphatic carbocycles. The van der Waals surface area contributed by atoms with E-state index < -0.39 is 0 Å². The monoisotopic (exact) mass is 264 g/mol. The van der Waals surface area contributed by atoms with E-state index in [4.69, 9.17) is 4.74 Å². The molecule has 0 radical (unpaired) electrons. The summed E-state index contributed by atoms with van der Waals surface area (Å²) >= 11 is 0. The van der Waals surface area contributed by atoms with Crippen molar-refractivity contribution in [3.63, 3.8) is 0 Å². The third-order valence-corrected chi connectivity index (χ3v) is 2.92. The minimum atomic E-state index is 0.0158. The van der Waals surface area contributed by atoms with Gasteiger partial charge in [0.2, 0.25) is 5.91 Å². The summed E-state index contributed by atoms with van der Waals surface area (Å²) in [7, 11) is 0. The molecule has 1 aromatic carbocycles. The van der Waals surface area contributed by atoms with Crippen LogP contribution in [0.1, 0.15) is 32.8 Å². The predicted octanol–water partition coefficient (Wildman–Crippen LogP) is 2.09. The first-order valence-corrected chi connectivity index (χ1v) is 6.87. The maximum absolute atomic E-state index is 11.6. The van der Waals surface area contributed by atoms with Crippen LogP contribution >= 0.6 is 0 Å². The van der Waals surface area contributed by atoms with Gasteiger partial charge in [-0.05, 0) is 38.0 Å².